The summed E-state index contributed by atoms with van der Waals surface area (Å²) in [5.74, 6) is -0.0906. The van der Waals surface area contributed by atoms with E-state index in [2.05, 4.69) is 5.32 Å². The average molecular weight is 527 g/mol. The van der Waals surface area contributed by atoms with Gasteiger partial charge < -0.3 is 10.2 Å². The minimum Gasteiger partial charge on any atom is -0.352 e. The Kier molecular flexibility index (Phi) is 10.8. The number of nitrogens with zero attached hydrogens (tertiary/aromatic N) is 1. The van der Waals surface area contributed by atoms with Gasteiger partial charge in [-0.05, 0) is 60.9 Å². The zero-order valence-corrected chi connectivity index (χ0v) is 22.2. The molecule has 4 nitrogen and oxygen atoms in total. The molecule has 3 aromatic carbocycles. The molecular formula is C29H32ClFN2O2S. The lowest BCUT2D eigenvalue weighted by molar-refractivity contribution is -0.141. The van der Waals surface area contributed by atoms with Crippen molar-refractivity contribution in [3.05, 3.63) is 101 Å². The minimum absolute atomic E-state index is 0.0148. The first kappa shape index (κ1) is 27.8. The predicted octanol–water partition coefficient (Wildman–Crippen LogP) is 6.52. The van der Waals surface area contributed by atoms with Crippen molar-refractivity contribution in [1.82, 2.24) is 10.2 Å². The van der Waals surface area contributed by atoms with Crippen molar-refractivity contribution >= 4 is 35.2 Å². The molecule has 3 aromatic rings. The summed E-state index contributed by atoms with van der Waals surface area (Å²) < 4.78 is 13.5. The molecule has 0 aliphatic carbocycles. The van der Waals surface area contributed by atoms with Gasteiger partial charge >= 0.3 is 0 Å². The molecule has 0 saturated heterocycles. The Morgan fingerprint density at radius 2 is 1.64 bits per heavy atom. The summed E-state index contributed by atoms with van der Waals surface area (Å²) in [6.45, 7) is 4.18. The molecule has 7 heteroatoms. The van der Waals surface area contributed by atoms with E-state index >= 15 is 0 Å². The van der Waals surface area contributed by atoms with Crippen LogP contribution in [0.4, 0.5) is 4.39 Å². The Labute approximate surface area is 222 Å². The molecule has 0 fully saturated rings. The van der Waals surface area contributed by atoms with Gasteiger partial charge in [-0.1, -0.05) is 61.0 Å². The summed E-state index contributed by atoms with van der Waals surface area (Å²) in [5.41, 5.74) is 1.73. The van der Waals surface area contributed by atoms with E-state index in [9.17, 15) is 14.0 Å². The number of rotatable bonds is 12. The molecule has 0 aromatic heterocycles. The predicted molar refractivity (Wildman–Crippen MR) is 146 cm³/mol. The highest BCUT2D eigenvalue weighted by molar-refractivity contribution is 7.99. The third kappa shape index (κ3) is 8.68. The number of hydrogen-bond donors (Lipinski definition) is 1. The topological polar surface area (TPSA) is 49.4 Å². The second kappa shape index (κ2) is 14.0. The maximum Gasteiger partial charge on any atom is 0.243 e. The second-order valence-electron chi connectivity index (χ2n) is 8.72. The Hall–Kier alpha value is -2.83. The largest absolute Gasteiger partial charge is 0.352 e. The van der Waals surface area contributed by atoms with Crippen LogP contribution in [0.25, 0.3) is 0 Å². The highest BCUT2D eigenvalue weighted by Gasteiger charge is 2.30. The SMILES string of the molecule is CC[C@H](C)NC(=O)[C@H](Cc1ccccc1)N(Cc1ccc(F)cc1)C(=O)CCSc1ccc(Cl)cc1. The molecule has 2 amide bonds. The minimum atomic E-state index is -0.695. The summed E-state index contributed by atoms with van der Waals surface area (Å²) in [5, 5.41) is 3.72. The normalized spacial score (nSPS) is 12.6. The molecule has 0 bridgehead atoms. The monoisotopic (exact) mass is 526 g/mol. The standard InChI is InChI=1S/C29H32ClFN2O2S/c1-3-21(2)32-29(35)27(19-22-7-5-4-6-8-22)33(20-23-9-13-25(31)14-10-23)28(34)17-18-36-26-15-11-24(30)12-16-26/h4-16,21,27H,3,17-20H2,1-2H3,(H,32,35)/t21-,27-/m0/s1. The van der Waals surface area contributed by atoms with Crippen molar-refractivity contribution in [1.29, 1.82) is 0 Å². The van der Waals surface area contributed by atoms with Crippen LogP contribution in [-0.2, 0) is 22.6 Å². The number of nitrogens with one attached hydrogen (secondary N) is 1. The highest BCUT2D eigenvalue weighted by Crippen LogP contribution is 2.23. The first-order chi connectivity index (χ1) is 17.4. The van der Waals surface area contributed by atoms with Crippen LogP contribution >= 0.6 is 23.4 Å². The van der Waals surface area contributed by atoms with Crippen molar-refractivity contribution in [2.75, 3.05) is 5.75 Å². The van der Waals surface area contributed by atoms with Gasteiger partial charge in [-0.2, -0.15) is 0 Å². The van der Waals surface area contributed by atoms with Crippen LogP contribution in [-0.4, -0.2) is 34.6 Å². The Morgan fingerprint density at radius 3 is 2.28 bits per heavy atom. The first-order valence-corrected chi connectivity index (χ1v) is 13.5. The van der Waals surface area contributed by atoms with Crippen molar-refractivity contribution in [3.63, 3.8) is 0 Å². The van der Waals surface area contributed by atoms with Crippen LogP contribution in [0.5, 0.6) is 0 Å². The van der Waals surface area contributed by atoms with Crippen molar-refractivity contribution in [2.24, 2.45) is 0 Å². The van der Waals surface area contributed by atoms with Gasteiger partial charge in [0.15, 0.2) is 0 Å². The van der Waals surface area contributed by atoms with Gasteiger partial charge in [0.25, 0.3) is 0 Å². The molecule has 0 radical (unpaired) electrons. The van der Waals surface area contributed by atoms with E-state index < -0.39 is 6.04 Å². The molecule has 36 heavy (non-hydrogen) atoms. The van der Waals surface area contributed by atoms with Crippen LogP contribution in [0.1, 0.15) is 37.8 Å². The Morgan fingerprint density at radius 1 is 0.972 bits per heavy atom. The number of carbonyl (C=O) groups is 2. The number of thioether (sulfide) groups is 1. The van der Waals surface area contributed by atoms with Crippen LogP contribution in [0, 0.1) is 5.82 Å². The highest BCUT2D eigenvalue weighted by atomic mass is 35.5. The van der Waals surface area contributed by atoms with Crippen molar-refractivity contribution in [2.45, 2.75) is 56.6 Å². The summed E-state index contributed by atoms with van der Waals surface area (Å²) in [4.78, 5) is 29.7. The summed E-state index contributed by atoms with van der Waals surface area (Å²) >= 11 is 7.54. The number of carbonyl (C=O) groups excluding carboxylic acids is 2. The second-order valence-corrected chi connectivity index (χ2v) is 10.3. The smallest absolute Gasteiger partial charge is 0.243 e. The summed E-state index contributed by atoms with van der Waals surface area (Å²) in [6.07, 6.45) is 1.43. The molecule has 190 valence electrons. The van der Waals surface area contributed by atoms with E-state index in [0.717, 1.165) is 22.4 Å². The number of amides is 2. The first-order valence-electron chi connectivity index (χ1n) is 12.1. The third-order valence-electron chi connectivity index (χ3n) is 5.94. The number of benzene rings is 3. The lowest BCUT2D eigenvalue weighted by atomic mass is 10.0. The molecule has 1 N–H and O–H groups in total. The molecule has 0 aliphatic heterocycles. The molecule has 3 rings (SSSR count). The van der Waals surface area contributed by atoms with Gasteiger partial charge in [0.2, 0.25) is 11.8 Å². The molecule has 0 saturated carbocycles. The van der Waals surface area contributed by atoms with Crippen LogP contribution in [0.3, 0.4) is 0 Å². The lowest BCUT2D eigenvalue weighted by Gasteiger charge is -2.32. The Balaban J connectivity index is 1.84. The van der Waals surface area contributed by atoms with Gasteiger partial charge in [0.1, 0.15) is 11.9 Å². The molecule has 0 unspecified atom stereocenters. The van der Waals surface area contributed by atoms with E-state index in [4.69, 9.17) is 11.6 Å². The quantitative estimate of drug-likeness (QED) is 0.273. The fourth-order valence-corrected chi connectivity index (χ4v) is 4.68. The average Bonchev–Trinajstić information content (AvgIpc) is 2.88. The zero-order valence-electron chi connectivity index (χ0n) is 20.6. The van der Waals surface area contributed by atoms with Crippen LogP contribution < -0.4 is 5.32 Å². The van der Waals surface area contributed by atoms with Crippen LogP contribution in [0.2, 0.25) is 5.02 Å². The van der Waals surface area contributed by atoms with Crippen molar-refractivity contribution < 1.29 is 14.0 Å². The summed E-state index contributed by atoms with van der Waals surface area (Å²) in [6, 6.07) is 22.5. The molecule has 0 aliphatic rings. The molecule has 0 heterocycles. The van der Waals surface area contributed by atoms with E-state index in [0.29, 0.717) is 17.2 Å². The molecule has 0 spiro atoms. The third-order valence-corrected chi connectivity index (χ3v) is 7.20. The van der Waals surface area contributed by atoms with Gasteiger partial charge in [-0.3, -0.25) is 9.59 Å². The van der Waals surface area contributed by atoms with Gasteiger partial charge in [-0.15, -0.1) is 11.8 Å². The Bertz CT molecular complexity index is 1110. The van der Waals surface area contributed by atoms with Gasteiger partial charge in [0.05, 0.1) is 0 Å². The van der Waals surface area contributed by atoms with Crippen LogP contribution in [0.15, 0.2) is 83.8 Å². The zero-order chi connectivity index (χ0) is 25.9. The molecule has 2 atom stereocenters. The lowest BCUT2D eigenvalue weighted by Crippen LogP contribution is -2.52. The van der Waals surface area contributed by atoms with Gasteiger partial charge in [0, 0.05) is 41.1 Å². The van der Waals surface area contributed by atoms with E-state index in [-0.39, 0.29) is 36.6 Å². The van der Waals surface area contributed by atoms with E-state index in [1.807, 2.05) is 68.4 Å². The fourth-order valence-electron chi connectivity index (χ4n) is 3.71. The maximum absolute atomic E-state index is 13.6. The number of halogens is 2. The maximum atomic E-state index is 13.6. The van der Waals surface area contributed by atoms with E-state index in [1.165, 1.54) is 12.1 Å². The fraction of sp³-hybridized carbons (Fsp3) is 0.310. The van der Waals surface area contributed by atoms with Crippen molar-refractivity contribution in [3.8, 4) is 0 Å². The molecular weight excluding hydrogens is 495 g/mol. The number of hydrogen-bond acceptors (Lipinski definition) is 3. The summed E-state index contributed by atoms with van der Waals surface area (Å²) in [7, 11) is 0. The van der Waals surface area contributed by atoms with E-state index in [1.54, 1.807) is 28.8 Å². The van der Waals surface area contributed by atoms with Gasteiger partial charge in [-0.25, -0.2) is 4.39 Å².